The van der Waals surface area contributed by atoms with Crippen LogP contribution in [0.5, 0.6) is 0 Å². The van der Waals surface area contributed by atoms with Gasteiger partial charge in [0.05, 0.1) is 12.2 Å². The molecule has 1 unspecified atom stereocenters. The van der Waals surface area contributed by atoms with Gasteiger partial charge in [-0.2, -0.15) is 0 Å². The van der Waals surface area contributed by atoms with Gasteiger partial charge in [0.25, 0.3) is 0 Å². The molecule has 0 fully saturated rings. The Hall–Kier alpha value is -1.79. The number of nitrogens with two attached hydrogens (primary N) is 1. The lowest BCUT2D eigenvalue weighted by Gasteiger charge is -2.13. The van der Waals surface area contributed by atoms with Crippen molar-refractivity contribution in [3.8, 4) is 11.8 Å². The molecule has 0 spiro atoms. The Morgan fingerprint density at radius 2 is 2.21 bits per heavy atom. The Labute approximate surface area is 115 Å². The maximum atomic E-state index is 12.0. The molecule has 0 aliphatic heterocycles. The van der Waals surface area contributed by atoms with Gasteiger partial charge in [0.2, 0.25) is 5.91 Å². The predicted octanol–water partition coefficient (Wildman–Crippen LogP) is 2.68. The van der Waals surface area contributed by atoms with Gasteiger partial charge in [0.1, 0.15) is 0 Å². The number of rotatable bonds is 4. The molecule has 1 rings (SSSR count). The molecule has 19 heavy (non-hydrogen) atoms. The first-order chi connectivity index (χ1) is 9.08. The van der Waals surface area contributed by atoms with Crippen LogP contribution in [0.25, 0.3) is 0 Å². The van der Waals surface area contributed by atoms with Crippen molar-refractivity contribution in [3.05, 3.63) is 29.3 Å². The first-order valence-corrected chi connectivity index (χ1v) is 6.69. The fourth-order valence-corrected chi connectivity index (χ4v) is 1.84. The predicted molar refractivity (Wildman–Crippen MR) is 79.8 cm³/mol. The van der Waals surface area contributed by atoms with Crippen molar-refractivity contribution in [2.75, 3.05) is 11.9 Å². The van der Waals surface area contributed by atoms with Crippen LogP contribution in [-0.4, -0.2) is 12.5 Å². The monoisotopic (exact) mass is 258 g/mol. The van der Waals surface area contributed by atoms with E-state index >= 15 is 0 Å². The van der Waals surface area contributed by atoms with E-state index in [1.807, 2.05) is 32.0 Å². The van der Waals surface area contributed by atoms with E-state index in [1.54, 1.807) is 0 Å². The fraction of sp³-hybridized carbons (Fsp3) is 0.438. The van der Waals surface area contributed by atoms with Crippen LogP contribution in [0.4, 0.5) is 5.69 Å². The van der Waals surface area contributed by atoms with Crippen LogP contribution in [-0.2, 0) is 4.79 Å². The van der Waals surface area contributed by atoms with E-state index in [9.17, 15) is 4.79 Å². The molecule has 1 amide bonds. The second-order valence-electron chi connectivity index (χ2n) is 4.73. The number of carbonyl (C=O) groups is 1. The van der Waals surface area contributed by atoms with Gasteiger partial charge in [0.15, 0.2) is 0 Å². The summed E-state index contributed by atoms with van der Waals surface area (Å²) in [6.07, 6.45) is 1.89. The normalized spacial score (nSPS) is 11.4. The van der Waals surface area contributed by atoms with E-state index in [0.29, 0.717) is 6.54 Å². The molecule has 0 aromatic heterocycles. The molecule has 3 N–H and O–H groups in total. The Kier molecular flexibility index (Phi) is 6.11. The van der Waals surface area contributed by atoms with Gasteiger partial charge in [-0.3, -0.25) is 4.79 Å². The van der Waals surface area contributed by atoms with E-state index in [1.165, 1.54) is 0 Å². The lowest BCUT2D eigenvalue weighted by Crippen LogP contribution is -2.20. The molecule has 3 nitrogen and oxygen atoms in total. The lowest BCUT2D eigenvalue weighted by atomic mass is 10.0. The number of hydrogen-bond acceptors (Lipinski definition) is 2. The summed E-state index contributed by atoms with van der Waals surface area (Å²) < 4.78 is 0. The molecule has 0 aliphatic carbocycles. The van der Waals surface area contributed by atoms with Crippen LogP contribution in [0.2, 0.25) is 0 Å². The molecule has 0 aliphatic rings. The van der Waals surface area contributed by atoms with Crippen LogP contribution < -0.4 is 11.1 Å². The van der Waals surface area contributed by atoms with Gasteiger partial charge in [-0.05, 0) is 31.0 Å². The summed E-state index contributed by atoms with van der Waals surface area (Å²) in [6.45, 7) is 6.33. The van der Waals surface area contributed by atoms with Gasteiger partial charge in [-0.15, -0.1) is 0 Å². The first-order valence-electron chi connectivity index (χ1n) is 6.69. The Morgan fingerprint density at radius 1 is 1.47 bits per heavy atom. The van der Waals surface area contributed by atoms with Gasteiger partial charge in [0, 0.05) is 11.5 Å². The van der Waals surface area contributed by atoms with Crippen LogP contribution in [0.3, 0.4) is 0 Å². The van der Waals surface area contributed by atoms with E-state index in [2.05, 4.69) is 24.1 Å². The van der Waals surface area contributed by atoms with E-state index in [0.717, 1.165) is 29.7 Å². The van der Waals surface area contributed by atoms with Crippen molar-refractivity contribution in [1.29, 1.82) is 0 Å². The van der Waals surface area contributed by atoms with E-state index < -0.39 is 0 Å². The molecule has 0 radical (unpaired) electrons. The number of nitrogens with one attached hydrogen (secondary N) is 1. The number of carbonyl (C=O) groups excluding carboxylic acids is 1. The molecule has 1 aromatic carbocycles. The molecule has 1 aromatic rings. The van der Waals surface area contributed by atoms with Crippen molar-refractivity contribution < 1.29 is 4.79 Å². The van der Waals surface area contributed by atoms with Crippen molar-refractivity contribution >= 4 is 11.6 Å². The average molecular weight is 258 g/mol. The van der Waals surface area contributed by atoms with Crippen LogP contribution in [0.15, 0.2) is 18.2 Å². The number of amides is 1. The maximum Gasteiger partial charge on any atom is 0.227 e. The number of anilines is 1. The Bertz CT molecular complexity index is 497. The molecule has 0 saturated heterocycles. The summed E-state index contributed by atoms with van der Waals surface area (Å²) in [4.78, 5) is 12.0. The quantitative estimate of drug-likeness (QED) is 0.816. The minimum Gasteiger partial charge on any atom is -0.325 e. The molecular weight excluding hydrogens is 236 g/mol. The second kappa shape index (κ2) is 7.60. The highest BCUT2D eigenvalue weighted by Crippen LogP contribution is 2.18. The van der Waals surface area contributed by atoms with Crippen molar-refractivity contribution in [1.82, 2.24) is 0 Å². The standard InChI is InChI=1S/C16H22N2O/c1-4-6-13(3)16(19)18-15-9-8-12(2)11-14(15)7-5-10-17/h8-9,11,13H,4,6,10,17H2,1-3H3,(H,18,19). The van der Waals surface area contributed by atoms with Crippen LogP contribution in [0, 0.1) is 24.7 Å². The smallest absolute Gasteiger partial charge is 0.227 e. The van der Waals surface area contributed by atoms with Crippen molar-refractivity contribution in [3.63, 3.8) is 0 Å². The summed E-state index contributed by atoms with van der Waals surface area (Å²) in [5.41, 5.74) is 8.09. The minimum absolute atomic E-state index is 0.0154. The molecular formula is C16H22N2O. The Balaban J connectivity index is 2.91. The molecule has 0 bridgehead atoms. The van der Waals surface area contributed by atoms with Gasteiger partial charge in [-0.25, -0.2) is 0 Å². The summed E-state index contributed by atoms with van der Waals surface area (Å²) in [6, 6.07) is 5.82. The lowest BCUT2D eigenvalue weighted by molar-refractivity contribution is -0.119. The largest absolute Gasteiger partial charge is 0.325 e. The maximum absolute atomic E-state index is 12.0. The van der Waals surface area contributed by atoms with E-state index in [-0.39, 0.29) is 11.8 Å². The zero-order valence-electron chi connectivity index (χ0n) is 11.9. The minimum atomic E-state index is 0.0154. The highest BCUT2D eigenvalue weighted by Gasteiger charge is 2.13. The topological polar surface area (TPSA) is 55.1 Å². The van der Waals surface area contributed by atoms with Crippen LogP contribution >= 0.6 is 0 Å². The third kappa shape index (κ3) is 4.76. The SMILES string of the molecule is CCCC(C)C(=O)Nc1ccc(C)cc1C#CCN. The first kappa shape index (κ1) is 15.3. The third-order valence-electron chi connectivity index (χ3n) is 2.93. The molecule has 3 heteroatoms. The van der Waals surface area contributed by atoms with Crippen molar-refractivity contribution in [2.45, 2.75) is 33.6 Å². The molecule has 0 saturated carbocycles. The van der Waals surface area contributed by atoms with E-state index in [4.69, 9.17) is 5.73 Å². The van der Waals surface area contributed by atoms with Gasteiger partial charge < -0.3 is 11.1 Å². The van der Waals surface area contributed by atoms with Gasteiger partial charge in [-0.1, -0.05) is 38.2 Å². The fourth-order valence-electron chi connectivity index (χ4n) is 1.84. The summed E-state index contributed by atoms with van der Waals surface area (Å²) in [5, 5.41) is 2.95. The number of aryl methyl sites for hydroxylation is 1. The van der Waals surface area contributed by atoms with Crippen LogP contribution in [0.1, 0.15) is 37.8 Å². The molecule has 102 valence electrons. The third-order valence-corrected chi connectivity index (χ3v) is 2.93. The number of hydrogen-bond donors (Lipinski definition) is 2. The zero-order valence-corrected chi connectivity index (χ0v) is 11.9. The summed E-state index contributed by atoms with van der Waals surface area (Å²) >= 11 is 0. The zero-order chi connectivity index (χ0) is 14.3. The average Bonchev–Trinajstić information content (AvgIpc) is 2.39. The number of benzene rings is 1. The highest BCUT2D eigenvalue weighted by molar-refractivity contribution is 5.93. The van der Waals surface area contributed by atoms with Crippen molar-refractivity contribution in [2.24, 2.45) is 11.7 Å². The van der Waals surface area contributed by atoms with Gasteiger partial charge >= 0.3 is 0 Å². The summed E-state index contributed by atoms with van der Waals surface area (Å²) in [7, 11) is 0. The summed E-state index contributed by atoms with van der Waals surface area (Å²) in [5.74, 6) is 5.89. The molecule has 0 heterocycles. The Morgan fingerprint density at radius 3 is 2.84 bits per heavy atom. The second-order valence-corrected chi connectivity index (χ2v) is 4.73. The highest BCUT2D eigenvalue weighted by atomic mass is 16.1. The molecule has 1 atom stereocenters.